The summed E-state index contributed by atoms with van der Waals surface area (Å²) in [6.07, 6.45) is 1.13. The van der Waals surface area contributed by atoms with Crippen LogP contribution in [0.3, 0.4) is 0 Å². The Hall–Kier alpha value is -4.22. The predicted octanol–water partition coefficient (Wildman–Crippen LogP) is 4.94. The van der Waals surface area contributed by atoms with E-state index in [2.05, 4.69) is 0 Å². The summed E-state index contributed by atoms with van der Waals surface area (Å²) in [5.41, 5.74) is -5.38. The average Bonchev–Trinajstić information content (AvgIpc) is 3.86. The SMILES string of the molecule is C[C@]12C=CC(=O)C=C1[C@@H](F)C[C@H]1[C@@H]3C[C@H]4O[C@@H](c5ccc(Sc6cccc(CC(=O)CCOCCOCCN7C(=O)C=CC7=O)c6)cc5)O[C@@]4(C(=O)CO)[C@@]3(C)C[C@H](O)[C@@]12F. The van der Waals surface area contributed by atoms with Gasteiger partial charge in [-0.2, -0.15) is 0 Å². The van der Waals surface area contributed by atoms with Gasteiger partial charge in [-0.15, -0.1) is 0 Å². The first-order chi connectivity index (χ1) is 29.1. The lowest BCUT2D eigenvalue weighted by Crippen LogP contribution is -2.70. The lowest BCUT2D eigenvalue weighted by Gasteiger charge is -2.63. The van der Waals surface area contributed by atoms with Crippen molar-refractivity contribution in [1.29, 1.82) is 0 Å². The number of hydrogen-bond acceptors (Lipinski definition) is 12. The van der Waals surface area contributed by atoms with Crippen molar-refractivity contribution in [3.8, 4) is 0 Å². The second-order valence-corrected chi connectivity index (χ2v) is 18.3. The third kappa shape index (κ3) is 7.39. The molecule has 1 saturated heterocycles. The molecule has 6 aliphatic rings. The molecule has 10 atom stereocenters. The van der Waals surface area contributed by atoms with Gasteiger partial charge in [-0.1, -0.05) is 49.0 Å². The number of imide groups is 1. The van der Waals surface area contributed by atoms with Crippen LogP contribution in [0.4, 0.5) is 8.78 Å². The molecule has 2 heterocycles. The summed E-state index contributed by atoms with van der Waals surface area (Å²) >= 11 is 1.49. The molecule has 2 aromatic rings. The summed E-state index contributed by atoms with van der Waals surface area (Å²) < 4.78 is 57.7. The molecule has 15 heteroatoms. The number of hydrogen-bond donors (Lipinski definition) is 2. The van der Waals surface area contributed by atoms with Crippen molar-refractivity contribution in [1.82, 2.24) is 4.90 Å². The van der Waals surface area contributed by atoms with E-state index in [-0.39, 0.29) is 88.2 Å². The monoisotopic (exact) mass is 861 g/mol. The fourth-order valence-electron chi connectivity index (χ4n) is 10.9. The number of halogens is 2. The summed E-state index contributed by atoms with van der Waals surface area (Å²) in [5.74, 6) is -3.45. The molecular formula is C46H49F2NO11S. The number of fused-ring (bicyclic) bond motifs is 7. The highest BCUT2D eigenvalue weighted by Gasteiger charge is 2.80. The molecule has 61 heavy (non-hydrogen) atoms. The van der Waals surface area contributed by atoms with Crippen molar-refractivity contribution in [2.75, 3.05) is 39.6 Å². The zero-order valence-electron chi connectivity index (χ0n) is 33.9. The first-order valence-electron chi connectivity index (χ1n) is 20.7. The highest BCUT2D eigenvalue weighted by Crippen LogP contribution is 2.72. The molecule has 4 aliphatic carbocycles. The van der Waals surface area contributed by atoms with E-state index in [1.165, 1.54) is 43.0 Å². The highest BCUT2D eigenvalue weighted by molar-refractivity contribution is 7.99. The maximum atomic E-state index is 17.7. The van der Waals surface area contributed by atoms with Gasteiger partial charge in [0.25, 0.3) is 11.8 Å². The molecule has 2 aromatic carbocycles. The summed E-state index contributed by atoms with van der Waals surface area (Å²) in [5, 5.41) is 22.1. The standard InChI is InChI=1S/C46H49F2NO11S/c1-43-14-12-29(51)22-35(43)36(47)23-34-33-24-39-46(38(54)26-50,44(33,2)25-37(53)45(34,43)48)60-42(59-39)28-6-8-31(9-7-28)61-32-5-3-4-27(21-32)20-30(52)13-16-57-18-19-58-17-15-49-40(55)10-11-41(49)56/h3-12,14,21-22,33-34,36-37,39,42,50,53H,13,15-20,23-26H2,1-2H3/t33-,34-,36-,37-,39+,42+,43-,44-,45-,46+/m0/s1. The Morgan fingerprint density at radius 2 is 1.66 bits per heavy atom. The quantitative estimate of drug-likeness (QED) is 0.173. The first-order valence-corrected chi connectivity index (χ1v) is 21.5. The van der Waals surface area contributed by atoms with Gasteiger partial charge in [-0.25, -0.2) is 8.78 Å². The summed E-state index contributed by atoms with van der Waals surface area (Å²) in [4.78, 5) is 64.9. The van der Waals surface area contributed by atoms with Gasteiger partial charge in [-0.3, -0.25) is 28.9 Å². The third-order valence-electron chi connectivity index (χ3n) is 13.9. The van der Waals surface area contributed by atoms with Crippen LogP contribution in [-0.2, 0) is 49.3 Å². The molecular weight excluding hydrogens is 813 g/mol. The van der Waals surface area contributed by atoms with E-state index < -0.39 is 76.8 Å². The van der Waals surface area contributed by atoms with E-state index in [4.69, 9.17) is 18.9 Å². The molecule has 4 fully saturated rings. The number of benzene rings is 2. The second kappa shape index (κ2) is 16.8. The molecule has 324 valence electrons. The molecule has 3 saturated carbocycles. The summed E-state index contributed by atoms with van der Waals surface area (Å²) in [7, 11) is 0. The molecule has 8 rings (SSSR count). The van der Waals surface area contributed by atoms with Gasteiger partial charge in [0.1, 0.15) is 18.6 Å². The molecule has 0 aromatic heterocycles. The van der Waals surface area contributed by atoms with Crippen LogP contribution in [0.2, 0.25) is 0 Å². The van der Waals surface area contributed by atoms with Gasteiger partial charge >= 0.3 is 0 Å². The number of carbonyl (C=O) groups is 5. The number of nitrogens with zero attached hydrogens (tertiary/aromatic N) is 1. The van der Waals surface area contributed by atoms with Crippen molar-refractivity contribution < 1.29 is 61.9 Å². The van der Waals surface area contributed by atoms with E-state index in [1.807, 2.05) is 48.5 Å². The number of Topliss-reactive ketones (excluding diaryl/α,β-unsaturated/α-hetero) is 2. The molecule has 12 nitrogen and oxygen atoms in total. The molecule has 0 spiro atoms. The number of ether oxygens (including phenoxy) is 4. The Balaban J connectivity index is 0.865. The predicted molar refractivity (Wildman–Crippen MR) is 215 cm³/mol. The third-order valence-corrected chi connectivity index (χ3v) is 14.9. The Kier molecular flexibility index (Phi) is 12.0. The minimum atomic E-state index is -2.33. The van der Waals surface area contributed by atoms with E-state index in [1.54, 1.807) is 6.92 Å². The van der Waals surface area contributed by atoms with Crippen molar-refractivity contribution in [2.45, 2.75) is 91.7 Å². The van der Waals surface area contributed by atoms with Crippen molar-refractivity contribution >= 4 is 40.9 Å². The Morgan fingerprint density at radius 3 is 2.38 bits per heavy atom. The van der Waals surface area contributed by atoms with E-state index in [0.29, 0.717) is 5.56 Å². The topological polar surface area (TPSA) is 166 Å². The van der Waals surface area contributed by atoms with Crippen LogP contribution in [0.15, 0.2) is 94.3 Å². The maximum absolute atomic E-state index is 17.7. The number of carbonyl (C=O) groups excluding carboxylic acids is 5. The summed E-state index contributed by atoms with van der Waals surface area (Å²) in [6, 6.07) is 15.1. The minimum absolute atomic E-state index is 0.0142. The van der Waals surface area contributed by atoms with Crippen molar-refractivity contribution in [3.63, 3.8) is 0 Å². The number of aliphatic hydroxyl groups is 2. The molecule has 0 radical (unpaired) electrons. The van der Waals surface area contributed by atoms with Gasteiger partial charge in [0.15, 0.2) is 29.1 Å². The zero-order chi connectivity index (χ0) is 43.3. The number of ketones is 3. The number of allylic oxidation sites excluding steroid dienone is 4. The van der Waals surface area contributed by atoms with E-state index >= 15 is 8.78 Å². The molecule has 0 unspecified atom stereocenters. The number of aliphatic hydroxyl groups excluding tert-OH is 2. The van der Waals surface area contributed by atoms with Crippen LogP contribution in [0.25, 0.3) is 0 Å². The highest BCUT2D eigenvalue weighted by atomic mass is 32.2. The van der Waals surface area contributed by atoms with Crippen LogP contribution >= 0.6 is 11.8 Å². The van der Waals surface area contributed by atoms with Gasteiger partial charge in [0.2, 0.25) is 0 Å². The molecule has 2 amide bonds. The lowest BCUT2D eigenvalue weighted by molar-refractivity contribution is -0.235. The largest absolute Gasteiger partial charge is 0.390 e. The van der Waals surface area contributed by atoms with Crippen LogP contribution in [0, 0.1) is 22.7 Å². The van der Waals surface area contributed by atoms with E-state index in [0.717, 1.165) is 26.3 Å². The van der Waals surface area contributed by atoms with Crippen LogP contribution < -0.4 is 0 Å². The average molecular weight is 862 g/mol. The normalized spacial score (nSPS) is 34.9. The van der Waals surface area contributed by atoms with Gasteiger partial charge in [-0.05, 0) is 79.7 Å². The zero-order valence-corrected chi connectivity index (χ0v) is 34.7. The smallest absolute Gasteiger partial charge is 0.253 e. The van der Waals surface area contributed by atoms with Gasteiger partial charge < -0.3 is 29.2 Å². The Labute approximate surface area is 356 Å². The van der Waals surface area contributed by atoms with Crippen molar-refractivity contribution in [3.05, 3.63) is 95.6 Å². The van der Waals surface area contributed by atoms with E-state index in [9.17, 15) is 34.2 Å². The number of amides is 2. The second-order valence-electron chi connectivity index (χ2n) is 17.2. The number of rotatable bonds is 16. The van der Waals surface area contributed by atoms with Crippen LogP contribution in [0.5, 0.6) is 0 Å². The first kappa shape index (κ1) is 43.4. The fraction of sp³-hybridized carbons (Fsp3) is 0.500. The minimum Gasteiger partial charge on any atom is -0.390 e. The van der Waals surface area contributed by atoms with Crippen molar-refractivity contribution in [2.24, 2.45) is 22.7 Å². The Bertz CT molecular complexity index is 2180. The molecule has 2 aliphatic heterocycles. The fourth-order valence-corrected chi connectivity index (χ4v) is 11.8. The molecule has 0 bridgehead atoms. The maximum Gasteiger partial charge on any atom is 0.253 e. The lowest BCUT2D eigenvalue weighted by atomic mass is 9.44. The summed E-state index contributed by atoms with van der Waals surface area (Å²) in [6.45, 7) is 3.55. The van der Waals surface area contributed by atoms with Crippen LogP contribution in [-0.4, -0.2) is 114 Å². The van der Waals surface area contributed by atoms with Crippen LogP contribution in [0.1, 0.15) is 56.9 Å². The van der Waals surface area contributed by atoms with Gasteiger partial charge in [0.05, 0.1) is 45.2 Å². The number of alkyl halides is 2. The molecule has 2 N–H and O–H groups in total. The van der Waals surface area contributed by atoms with Gasteiger partial charge in [0, 0.05) is 57.1 Å². The Morgan fingerprint density at radius 1 is 0.934 bits per heavy atom.